The number of carboxylic acids is 1. The van der Waals surface area contributed by atoms with Crippen molar-refractivity contribution in [2.45, 2.75) is 6.92 Å². The molecule has 0 amide bonds. The molecule has 0 fully saturated rings. The summed E-state index contributed by atoms with van der Waals surface area (Å²) in [6, 6.07) is 2.85. The zero-order valence-electron chi connectivity index (χ0n) is 7.44. The predicted molar refractivity (Wildman–Crippen MR) is 48.8 cm³/mol. The van der Waals surface area contributed by atoms with Gasteiger partial charge in [-0.3, -0.25) is 4.79 Å². The van der Waals surface area contributed by atoms with Gasteiger partial charge in [0.25, 0.3) is 0 Å². The average molecular weight is 189 g/mol. The smallest absolute Gasteiger partial charge is 0.337 e. The van der Waals surface area contributed by atoms with Crippen LogP contribution < -0.4 is 0 Å². The SMILES string of the molecule is CC(=O)C#Cc1ccc(C(=O)O)cn1. The summed E-state index contributed by atoms with van der Waals surface area (Å²) >= 11 is 0. The van der Waals surface area contributed by atoms with Gasteiger partial charge in [0.2, 0.25) is 5.78 Å². The van der Waals surface area contributed by atoms with E-state index in [1.165, 1.54) is 25.3 Å². The Bertz CT molecular complexity index is 423. The number of hydrogen-bond acceptors (Lipinski definition) is 3. The first kappa shape index (κ1) is 9.93. The fraction of sp³-hybridized carbons (Fsp3) is 0.100. The van der Waals surface area contributed by atoms with Crippen LogP contribution in [0.5, 0.6) is 0 Å². The van der Waals surface area contributed by atoms with E-state index in [1.807, 2.05) is 0 Å². The standard InChI is InChI=1S/C10H7NO3/c1-7(12)2-4-9-5-3-8(6-11-9)10(13)14/h3,5-6H,1H3,(H,13,14). The molecule has 4 heteroatoms. The van der Waals surface area contributed by atoms with Crippen LogP contribution in [0.1, 0.15) is 23.0 Å². The monoisotopic (exact) mass is 189 g/mol. The number of Topliss-reactive ketones (excluding diaryl/α,β-unsaturated/α-hetero) is 1. The Balaban J connectivity index is 2.91. The van der Waals surface area contributed by atoms with E-state index in [0.29, 0.717) is 5.69 Å². The van der Waals surface area contributed by atoms with Gasteiger partial charge in [-0.15, -0.1) is 0 Å². The first-order valence-corrected chi connectivity index (χ1v) is 3.81. The molecule has 14 heavy (non-hydrogen) atoms. The van der Waals surface area contributed by atoms with Gasteiger partial charge in [0.15, 0.2) is 0 Å². The van der Waals surface area contributed by atoms with Gasteiger partial charge in [0, 0.05) is 13.1 Å². The van der Waals surface area contributed by atoms with Crippen LogP contribution in [0.25, 0.3) is 0 Å². The van der Waals surface area contributed by atoms with Crippen molar-refractivity contribution in [3.8, 4) is 11.8 Å². The van der Waals surface area contributed by atoms with E-state index in [0.717, 1.165) is 0 Å². The second kappa shape index (κ2) is 4.19. The first-order valence-electron chi connectivity index (χ1n) is 3.81. The summed E-state index contributed by atoms with van der Waals surface area (Å²) in [7, 11) is 0. The molecule has 0 saturated carbocycles. The molecule has 70 valence electrons. The summed E-state index contributed by atoms with van der Waals surface area (Å²) < 4.78 is 0. The molecule has 0 spiro atoms. The molecule has 0 bridgehead atoms. The van der Waals surface area contributed by atoms with E-state index in [1.54, 1.807) is 0 Å². The molecule has 1 aromatic heterocycles. The minimum absolute atomic E-state index is 0.0957. The molecule has 0 saturated heterocycles. The maximum Gasteiger partial charge on any atom is 0.337 e. The second-order valence-corrected chi connectivity index (χ2v) is 2.54. The zero-order chi connectivity index (χ0) is 10.6. The Hall–Kier alpha value is -2.15. The number of aromatic nitrogens is 1. The van der Waals surface area contributed by atoms with Crippen LogP contribution in [0.3, 0.4) is 0 Å². The Morgan fingerprint density at radius 1 is 1.43 bits per heavy atom. The number of pyridine rings is 1. The fourth-order valence-electron chi connectivity index (χ4n) is 0.746. The van der Waals surface area contributed by atoms with Crippen LogP contribution in [-0.4, -0.2) is 21.8 Å². The Labute approximate surface area is 80.6 Å². The van der Waals surface area contributed by atoms with Crippen LogP contribution in [0.4, 0.5) is 0 Å². The fourth-order valence-corrected chi connectivity index (χ4v) is 0.746. The van der Waals surface area contributed by atoms with Gasteiger partial charge in [-0.1, -0.05) is 0 Å². The van der Waals surface area contributed by atoms with Gasteiger partial charge in [0.05, 0.1) is 5.56 Å². The number of carbonyl (C=O) groups is 2. The van der Waals surface area contributed by atoms with E-state index in [4.69, 9.17) is 5.11 Å². The third-order valence-corrected chi connectivity index (χ3v) is 1.38. The molecule has 1 N–H and O–H groups in total. The molecule has 1 heterocycles. The molecular formula is C10H7NO3. The highest BCUT2D eigenvalue weighted by molar-refractivity contribution is 5.93. The number of carbonyl (C=O) groups excluding carboxylic acids is 1. The van der Waals surface area contributed by atoms with E-state index < -0.39 is 5.97 Å². The molecule has 1 rings (SSSR count). The molecule has 0 aliphatic heterocycles. The summed E-state index contributed by atoms with van der Waals surface area (Å²) in [4.78, 5) is 24.7. The van der Waals surface area contributed by atoms with Gasteiger partial charge < -0.3 is 5.11 Å². The number of rotatable bonds is 1. The molecule has 4 nitrogen and oxygen atoms in total. The van der Waals surface area contributed by atoms with E-state index in [2.05, 4.69) is 16.8 Å². The van der Waals surface area contributed by atoms with Crippen LogP contribution >= 0.6 is 0 Å². The average Bonchev–Trinajstić information content (AvgIpc) is 2.15. The van der Waals surface area contributed by atoms with Gasteiger partial charge in [-0.05, 0) is 24.0 Å². The highest BCUT2D eigenvalue weighted by Crippen LogP contribution is 1.98. The Morgan fingerprint density at radius 3 is 2.57 bits per heavy atom. The second-order valence-electron chi connectivity index (χ2n) is 2.54. The normalized spacial score (nSPS) is 8.64. The highest BCUT2D eigenvalue weighted by Gasteiger charge is 2.00. The van der Waals surface area contributed by atoms with Crippen molar-refractivity contribution in [2.24, 2.45) is 0 Å². The minimum Gasteiger partial charge on any atom is -0.478 e. The van der Waals surface area contributed by atoms with Crippen LogP contribution in [-0.2, 0) is 4.79 Å². The molecule has 0 aromatic carbocycles. The molecule has 0 unspecified atom stereocenters. The lowest BCUT2D eigenvalue weighted by molar-refractivity contribution is -0.111. The van der Waals surface area contributed by atoms with Crippen molar-refractivity contribution in [3.63, 3.8) is 0 Å². The predicted octanol–water partition coefficient (Wildman–Crippen LogP) is 0.720. The van der Waals surface area contributed by atoms with Crippen molar-refractivity contribution < 1.29 is 14.7 Å². The lowest BCUT2D eigenvalue weighted by atomic mass is 10.2. The van der Waals surface area contributed by atoms with Crippen molar-refractivity contribution >= 4 is 11.8 Å². The largest absolute Gasteiger partial charge is 0.478 e. The van der Waals surface area contributed by atoms with Crippen molar-refractivity contribution in [3.05, 3.63) is 29.6 Å². The van der Waals surface area contributed by atoms with Gasteiger partial charge in [-0.2, -0.15) is 0 Å². The van der Waals surface area contributed by atoms with E-state index >= 15 is 0 Å². The Morgan fingerprint density at radius 2 is 2.14 bits per heavy atom. The lowest BCUT2D eigenvalue weighted by Gasteiger charge is -1.92. The summed E-state index contributed by atoms with van der Waals surface area (Å²) in [5, 5.41) is 8.56. The molecule has 0 atom stereocenters. The summed E-state index contributed by atoms with van der Waals surface area (Å²) in [6.07, 6.45) is 1.20. The maximum atomic E-state index is 10.5. The number of aromatic carboxylic acids is 1. The van der Waals surface area contributed by atoms with Gasteiger partial charge >= 0.3 is 5.97 Å². The number of carboxylic acid groups (broad SMARTS) is 1. The molecule has 1 aromatic rings. The van der Waals surface area contributed by atoms with E-state index in [9.17, 15) is 9.59 Å². The summed E-state index contributed by atoms with van der Waals surface area (Å²) in [5.74, 6) is 3.52. The zero-order valence-corrected chi connectivity index (χ0v) is 7.44. The number of ketones is 1. The third kappa shape index (κ3) is 2.72. The summed E-state index contributed by atoms with van der Waals surface area (Å²) in [6.45, 7) is 1.35. The van der Waals surface area contributed by atoms with Crippen LogP contribution in [0, 0.1) is 11.8 Å². The van der Waals surface area contributed by atoms with Gasteiger partial charge in [-0.25, -0.2) is 9.78 Å². The topological polar surface area (TPSA) is 67.3 Å². The quantitative estimate of drug-likeness (QED) is 0.661. The summed E-state index contributed by atoms with van der Waals surface area (Å²) in [5.41, 5.74) is 0.476. The molecular weight excluding hydrogens is 182 g/mol. The number of nitrogens with zero attached hydrogens (tertiary/aromatic N) is 1. The number of hydrogen-bond donors (Lipinski definition) is 1. The lowest BCUT2D eigenvalue weighted by Crippen LogP contribution is -1.97. The Kier molecular flexibility index (Phi) is 2.97. The maximum absolute atomic E-state index is 10.5. The highest BCUT2D eigenvalue weighted by atomic mass is 16.4. The van der Waals surface area contributed by atoms with Crippen molar-refractivity contribution in [1.29, 1.82) is 0 Å². The molecule has 0 radical (unpaired) electrons. The third-order valence-electron chi connectivity index (χ3n) is 1.38. The molecule has 0 aliphatic rings. The molecule has 0 aliphatic carbocycles. The first-order chi connectivity index (χ1) is 6.59. The van der Waals surface area contributed by atoms with Crippen molar-refractivity contribution in [2.75, 3.05) is 0 Å². The van der Waals surface area contributed by atoms with Crippen LogP contribution in [0.15, 0.2) is 18.3 Å². The van der Waals surface area contributed by atoms with Gasteiger partial charge in [0.1, 0.15) is 5.69 Å². The minimum atomic E-state index is -1.04. The van der Waals surface area contributed by atoms with Crippen molar-refractivity contribution in [1.82, 2.24) is 4.98 Å². The van der Waals surface area contributed by atoms with Crippen LogP contribution in [0.2, 0.25) is 0 Å². The van der Waals surface area contributed by atoms with E-state index in [-0.39, 0.29) is 11.3 Å².